The van der Waals surface area contributed by atoms with Gasteiger partial charge in [-0.25, -0.2) is 4.98 Å². The molecule has 164 valence electrons. The number of nitrogens with one attached hydrogen (secondary N) is 1. The average Bonchev–Trinajstić information content (AvgIpc) is 2.79. The number of carbonyl (C=O) groups is 2. The lowest BCUT2D eigenvalue weighted by Gasteiger charge is -2.32. The summed E-state index contributed by atoms with van der Waals surface area (Å²) in [7, 11) is 1.58. The second-order valence-corrected chi connectivity index (χ2v) is 7.26. The van der Waals surface area contributed by atoms with Crippen LogP contribution in [0.4, 0.5) is 11.5 Å². The first-order chi connectivity index (χ1) is 15.0. The summed E-state index contributed by atoms with van der Waals surface area (Å²) in [4.78, 5) is 30.2. The maximum Gasteiger partial charge on any atom is 0.248 e. The Morgan fingerprint density at radius 1 is 1.29 bits per heavy atom. The summed E-state index contributed by atoms with van der Waals surface area (Å²) in [5.74, 6) is 1.34. The Labute approximate surface area is 182 Å². The van der Waals surface area contributed by atoms with Crippen molar-refractivity contribution in [2.45, 2.75) is 19.8 Å². The van der Waals surface area contributed by atoms with Crippen molar-refractivity contribution >= 4 is 29.4 Å². The van der Waals surface area contributed by atoms with Crippen LogP contribution in [0.25, 0.3) is 6.08 Å². The van der Waals surface area contributed by atoms with E-state index in [9.17, 15) is 9.59 Å². The van der Waals surface area contributed by atoms with Crippen molar-refractivity contribution in [1.82, 2.24) is 4.98 Å². The zero-order valence-corrected chi connectivity index (χ0v) is 17.8. The first-order valence-electron chi connectivity index (χ1n) is 10.3. The van der Waals surface area contributed by atoms with Gasteiger partial charge in [-0.15, -0.1) is 0 Å². The highest BCUT2D eigenvalue weighted by Crippen LogP contribution is 2.28. The van der Waals surface area contributed by atoms with Crippen molar-refractivity contribution < 1.29 is 19.1 Å². The average molecular weight is 425 g/mol. The number of hydrogen-bond acceptors (Lipinski definition) is 6. The molecule has 0 bridgehead atoms. The summed E-state index contributed by atoms with van der Waals surface area (Å²) in [6.45, 7) is 3.85. The van der Waals surface area contributed by atoms with Crippen LogP contribution in [-0.2, 0) is 9.59 Å². The van der Waals surface area contributed by atoms with Crippen LogP contribution in [0.1, 0.15) is 25.3 Å². The molecule has 1 aliphatic heterocycles. The third-order valence-corrected chi connectivity index (χ3v) is 5.08. The highest BCUT2D eigenvalue weighted by molar-refractivity contribution is 6.01. The van der Waals surface area contributed by atoms with Gasteiger partial charge in [-0.1, -0.05) is 6.07 Å². The van der Waals surface area contributed by atoms with Crippen LogP contribution in [0.2, 0.25) is 0 Å². The quantitative estimate of drug-likeness (QED) is 0.631. The van der Waals surface area contributed by atoms with Gasteiger partial charge < -0.3 is 25.4 Å². The minimum Gasteiger partial charge on any atom is -0.493 e. The van der Waals surface area contributed by atoms with E-state index in [2.05, 4.69) is 10.3 Å². The second-order valence-electron chi connectivity index (χ2n) is 7.26. The van der Waals surface area contributed by atoms with Gasteiger partial charge in [0.15, 0.2) is 11.5 Å². The van der Waals surface area contributed by atoms with Crippen LogP contribution < -0.4 is 25.4 Å². The molecule has 1 unspecified atom stereocenters. The summed E-state index contributed by atoms with van der Waals surface area (Å²) in [6, 6.07) is 9.10. The van der Waals surface area contributed by atoms with Crippen LogP contribution in [0, 0.1) is 5.92 Å². The minimum absolute atomic E-state index is 0.152. The topological polar surface area (TPSA) is 107 Å². The number of ether oxygens (including phenoxy) is 2. The van der Waals surface area contributed by atoms with Crippen LogP contribution >= 0.6 is 0 Å². The number of methoxy groups -OCH3 is 1. The fourth-order valence-electron chi connectivity index (χ4n) is 3.48. The Morgan fingerprint density at radius 2 is 2.13 bits per heavy atom. The number of anilines is 2. The number of benzene rings is 1. The van der Waals surface area contributed by atoms with E-state index >= 15 is 0 Å². The standard InChI is InChI=1S/C23H28N4O4/c1-3-31-19-9-6-16(13-20(19)30-2)7-11-22(28)26-18-8-10-21(25-14-18)27-12-4-5-17(15-27)23(24)29/h6-11,13-14,17H,3-5,12,15H2,1-2H3,(H2,24,29)(H,26,28)/b11-7+. The monoisotopic (exact) mass is 424 g/mol. The third-order valence-electron chi connectivity index (χ3n) is 5.08. The Hall–Kier alpha value is -3.55. The van der Waals surface area contributed by atoms with E-state index in [-0.39, 0.29) is 17.7 Å². The number of amides is 2. The lowest BCUT2D eigenvalue weighted by molar-refractivity contribution is -0.122. The van der Waals surface area contributed by atoms with Gasteiger partial charge in [-0.05, 0) is 55.7 Å². The number of primary amides is 1. The third kappa shape index (κ3) is 5.97. The van der Waals surface area contributed by atoms with E-state index in [1.807, 2.05) is 36.1 Å². The molecule has 1 aromatic heterocycles. The van der Waals surface area contributed by atoms with Crippen molar-refractivity contribution in [2.75, 3.05) is 37.0 Å². The summed E-state index contributed by atoms with van der Waals surface area (Å²) in [5, 5.41) is 2.79. The Kier molecular flexibility index (Phi) is 7.48. The van der Waals surface area contributed by atoms with Crippen molar-refractivity contribution in [2.24, 2.45) is 11.7 Å². The smallest absolute Gasteiger partial charge is 0.248 e. The van der Waals surface area contributed by atoms with Crippen molar-refractivity contribution in [3.63, 3.8) is 0 Å². The van der Waals surface area contributed by atoms with Crippen LogP contribution in [-0.4, -0.2) is 43.6 Å². The van der Waals surface area contributed by atoms with Gasteiger partial charge in [0.2, 0.25) is 11.8 Å². The molecular formula is C23H28N4O4. The normalized spacial score (nSPS) is 16.2. The molecule has 3 N–H and O–H groups in total. The molecule has 1 atom stereocenters. The number of hydrogen-bond donors (Lipinski definition) is 2. The molecule has 1 aromatic carbocycles. The predicted octanol–water partition coefficient (Wildman–Crippen LogP) is 2.84. The molecule has 2 amide bonds. The van der Waals surface area contributed by atoms with Gasteiger partial charge in [0.05, 0.1) is 31.5 Å². The van der Waals surface area contributed by atoms with E-state index in [0.717, 1.165) is 30.8 Å². The first-order valence-corrected chi connectivity index (χ1v) is 10.3. The van der Waals surface area contributed by atoms with E-state index in [0.29, 0.717) is 30.3 Å². The van der Waals surface area contributed by atoms with Crippen molar-refractivity contribution in [3.05, 3.63) is 48.2 Å². The van der Waals surface area contributed by atoms with E-state index in [1.54, 1.807) is 25.4 Å². The van der Waals surface area contributed by atoms with Crippen LogP contribution in [0.3, 0.4) is 0 Å². The molecule has 0 spiro atoms. The number of carbonyl (C=O) groups excluding carboxylic acids is 2. The number of piperidine rings is 1. The van der Waals surface area contributed by atoms with Gasteiger partial charge >= 0.3 is 0 Å². The summed E-state index contributed by atoms with van der Waals surface area (Å²) >= 11 is 0. The predicted molar refractivity (Wildman–Crippen MR) is 120 cm³/mol. The van der Waals surface area contributed by atoms with E-state index in [4.69, 9.17) is 15.2 Å². The van der Waals surface area contributed by atoms with Gasteiger partial charge in [0.1, 0.15) is 5.82 Å². The largest absolute Gasteiger partial charge is 0.493 e. The Bertz CT molecular complexity index is 943. The molecule has 0 radical (unpaired) electrons. The molecule has 0 saturated carbocycles. The molecule has 1 aliphatic rings. The fraction of sp³-hybridized carbons (Fsp3) is 0.348. The lowest BCUT2D eigenvalue weighted by atomic mass is 9.97. The summed E-state index contributed by atoms with van der Waals surface area (Å²) in [5.41, 5.74) is 6.85. The molecule has 31 heavy (non-hydrogen) atoms. The zero-order valence-electron chi connectivity index (χ0n) is 17.8. The maximum absolute atomic E-state index is 12.3. The molecule has 3 rings (SSSR count). The molecule has 1 saturated heterocycles. The SMILES string of the molecule is CCOc1ccc(/C=C/C(=O)Nc2ccc(N3CCCC(C(N)=O)C3)nc2)cc1OC. The number of aromatic nitrogens is 1. The molecule has 0 aliphatic carbocycles. The van der Waals surface area contributed by atoms with E-state index in [1.165, 1.54) is 6.08 Å². The molecular weight excluding hydrogens is 396 g/mol. The highest BCUT2D eigenvalue weighted by Gasteiger charge is 2.24. The molecule has 8 heteroatoms. The maximum atomic E-state index is 12.3. The molecule has 8 nitrogen and oxygen atoms in total. The first kappa shape index (κ1) is 22.1. The second kappa shape index (κ2) is 10.5. The summed E-state index contributed by atoms with van der Waals surface area (Å²) < 4.78 is 10.8. The van der Waals surface area contributed by atoms with Gasteiger partial charge in [-0.2, -0.15) is 0 Å². The van der Waals surface area contributed by atoms with Crippen LogP contribution in [0.5, 0.6) is 11.5 Å². The molecule has 2 aromatic rings. The van der Waals surface area contributed by atoms with E-state index < -0.39 is 0 Å². The van der Waals surface area contributed by atoms with Crippen LogP contribution in [0.15, 0.2) is 42.6 Å². The van der Waals surface area contributed by atoms with Gasteiger partial charge in [0.25, 0.3) is 0 Å². The van der Waals surface area contributed by atoms with Crippen molar-refractivity contribution in [3.8, 4) is 11.5 Å². The summed E-state index contributed by atoms with van der Waals surface area (Å²) in [6.07, 6.45) is 6.47. The zero-order chi connectivity index (χ0) is 22.2. The fourth-order valence-corrected chi connectivity index (χ4v) is 3.48. The van der Waals surface area contributed by atoms with Gasteiger partial charge in [-0.3, -0.25) is 9.59 Å². The molecule has 2 heterocycles. The number of nitrogens with two attached hydrogens (primary N) is 1. The van der Waals surface area contributed by atoms with Gasteiger partial charge in [0, 0.05) is 19.2 Å². The number of pyridine rings is 1. The minimum atomic E-state index is -0.273. The number of rotatable bonds is 8. The number of nitrogens with zero attached hydrogens (tertiary/aromatic N) is 2. The molecule has 1 fully saturated rings. The highest BCUT2D eigenvalue weighted by atomic mass is 16.5. The Balaban J connectivity index is 1.59. The lowest BCUT2D eigenvalue weighted by Crippen LogP contribution is -2.41. The Morgan fingerprint density at radius 3 is 2.81 bits per heavy atom. The van der Waals surface area contributed by atoms with Crippen molar-refractivity contribution in [1.29, 1.82) is 0 Å².